The molecule has 1 fully saturated rings. The highest BCUT2D eigenvalue weighted by Crippen LogP contribution is 2.57. The van der Waals surface area contributed by atoms with Crippen LogP contribution in [0.15, 0.2) is 48.9 Å². The summed E-state index contributed by atoms with van der Waals surface area (Å²) in [5, 5.41) is 31.8. The van der Waals surface area contributed by atoms with E-state index in [0.29, 0.717) is 33.1 Å². The van der Waals surface area contributed by atoms with Crippen molar-refractivity contribution in [3.8, 4) is 28.7 Å². The Morgan fingerprint density at radius 3 is 2.86 bits per heavy atom. The van der Waals surface area contributed by atoms with Gasteiger partial charge in [0.2, 0.25) is 5.13 Å². The van der Waals surface area contributed by atoms with E-state index in [1.807, 2.05) is 6.07 Å². The number of nitrogens with zero attached hydrogens (tertiary/aromatic N) is 5. The maximum absolute atomic E-state index is 13.1. The number of benzene rings is 1. The van der Waals surface area contributed by atoms with Crippen LogP contribution in [0.1, 0.15) is 44.7 Å². The van der Waals surface area contributed by atoms with Gasteiger partial charge in [-0.25, -0.2) is 4.98 Å². The summed E-state index contributed by atoms with van der Waals surface area (Å²) in [7, 11) is 1.51. The molecule has 2 atom stereocenters. The number of aromatic nitrogens is 4. The Kier molecular flexibility index (Phi) is 6.03. The Morgan fingerprint density at radius 1 is 1.23 bits per heavy atom. The zero-order valence-corrected chi connectivity index (χ0v) is 19.8. The molecule has 5 rings (SSSR count). The fourth-order valence-electron chi connectivity index (χ4n) is 3.94. The van der Waals surface area contributed by atoms with Gasteiger partial charge < -0.3 is 9.84 Å². The molecule has 1 amide bonds. The summed E-state index contributed by atoms with van der Waals surface area (Å²) in [4.78, 5) is 21.3. The number of nitrogens with one attached hydrogen (secondary N) is 1. The Balaban J connectivity index is 1.34. The second kappa shape index (κ2) is 9.29. The van der Waals surface area contributed by atoms with Crippen LogP contribution in [0.5, 0.6) is 11.5 Å². The van der Waals surface area contributed by atoms with Crippen LogP contribution in [-0.4, -0.2) is 38.3 Å². The molecule has 174 valence electrons. The lowest BCUT2D eigenvalue weighted by molar-refractivity contribution is 0.102. The molecule has 1 aliphatic carbocycles. The van der Waals surface area contributed by atoms with Crippen molar-refractivity contribution in [1.82, 2.24) is 20.2 Å². The van der Waals surface area contributed by atoms with E-state index in [2.05, 4.69) is 25.5 Å². The van der Waals surface area contributed by atoms with Crippen molar-refractivity contribution in [2.75, 3.05) is 12.4 Å². The highest BCUT2D eigenvalue weighted by atomic mass is 35.5. The summed E-state index contributed by atoms with van der Waals surface area (Å²) in [5.74, 6) is 0.371. The fourth-order valence-corrected chi connectivity index (χ4v) is 5.01. The van der Waals surface area contributed by atoms with E-state index in [0.717, 1.165) is 17.0 Å². The van der Waals surface area contributed by atoms with Crippen LogP contribution in [0, 0.1) is 11.3 Å². The van der Waals surface area contributed by atoms with Crippen molar-refractivity contribution in [2.45, 2.75) is 18.3 Å². The molecule has 35 heavy (non-hydrogen) atoms. The van der Waals surface area contributed by atoms with Gasteiger partial charge in [0, 0.05) is 29.4 Å². The lowest BCUT2D eigenvalue weighted by Gasteiger charge is -2.12. The first-order chi connectivity index (χ1) is 17.0. The summed E-state index contributed by atoms with van der Waals surface area (Å²) in [6, 6.07) is 10.2. The number of aromatic hydroxyl groups is 1. The number of carbonyl (C=O) groups excluding carboxylic acids is 1. The van der Waals surface area contributed by atoms with Gasteiger partial charge in [-0.05, 0) is 42.2 Å². The number of nitriles is 1. The van der Waals surface area contributed by atoms with Crippen LogP contribution in [0.3, 0.4) is 0 Å². The smallest absolute Gasteiger partial charge is 0.258 e. The van der Waals surface area contributed by atoms with Crippen LogP contribution in [-0.2, 0) is 0 Å². The normalized spacial score (nSPS) is 16.4. The van der Waals surface area contributed by atoms with Gasteiger partial charge in [0.1, 0.15) is 21.7 Å². The quantitative estimate of drug-likeness (QED) is 0.359. The predicted octanol–water partition coefficient (Wildman–Crippen LogP) is 4.76. The highest BCUT2D eigenvalue weighted by Gasteiger charge is 2.43. The molecular weight excluding hydrogens is 488 g/mol. The molecular formula is C24H17ClN6O3S. The number of anilines is 1. The monoisotopic (exact) mass is 504 g/mol. The SMILES string of the molecule is COc1cnc(Cl)cc1-c1cnccc1C(=O)Nc1nnc(C2C[C@H]2c2ccc(C#N)cc2O)s1. The number of hydrogen-bond acceptors (Lipinski definition) is 9. The molecule has 1 unspecified atom stereocenters. The molecule has 3 aromatic heterocycles. The molecule has 9 nitrogen and oxygen atoms in total. The van der Waals surface area contributed by atoms with Crippen molar-refractivity contribution in [1.29, 1.82) is 5.26 Å². The topological polar surface area (TPSA) is 134 Å². The van der Waals surface area contributed by atoms with Gasteiger partial charge in [-0.3, -0.25) is 15.1 Å². The van der Waals surface area contributed by atoms with Crippen molar-refractivity contribution in [3.05, 3.63) is 75.8 Å². The van der Waals surface area contributed by atoms with Gasteiger partial charge in [0.15, 0.2) is 0 Å². The number of ether oxygens (including phenoxy) is 1. The number of methoxy groups -OCH3 is 1. The molecule has 3 heterocycles. The number of carbonyl (C=O) groups is 1. The summed E-state index contributed by atoms with van der Waals surface area (Å²) in [6.07, 6.45) is 5.38. The fraction of sp³-hybridized carbons (Fsp3) is 0.167. The van der Waals surface area contributed by atoms with Crippen LogP contribution in [0.4, 0.5) is 5.13 Å². The average molecular weight is 505 g/mol. The van der Waals surface area contributed by atoms with E-state index in [1.165, 1.54) is 36.9 Å². The van der Waals surface area contributed by atoms with Gasteiger partial charge >= 0.3 is 0 Å². The molecule has 0 spiro atoms. The summed E-state index contributed by atoms with van der Waals surface area (Å²) in [6.45, 7) is 0. The van der Waals surface area contributed by atoms with Gasteiger partial charge in [-0.1, -0.05) is 29.0 Å². The minimum Gasteiger partial charge on any atom is -0.508 e. The summed E-state index contributed by atoms with van der Waals surface area (Å²) >= 11 is 7.36. The zero-order chi connectivity index (χ0) is 24.5. The van der Waals surface area contributed by atoms with E-state index in [4.69, 9.17) is 21.6 Å². The maximum atomic E-state index is 13.1. The first-order valence-corrected chi connectivity index (χ1v) is 11.7. The first kappa shape index (κ1) is 22.7. The van der Waals surface area contributed by atoms with Crippen molar-refractivity contribution in [2.24, 2.45) is 0 Å². The molecule has 0 aliphatic heterocycles. The van der Waals surface area contributed by atoms with Crippen molar-refractivity contribution < 1.29 is 14.6 Å². The summed E-state index contributed by atoms with van der Waals surface area (Å²) < 4.78 is 5.38. The molecule has 2 N–H and O–H groups in total. The second-order valence-corrected chi connectivity index (χ2v) is 9.26. The minimum atomic E-state index is -0.378. The highest BCUT2D eigenvalue weighted by molar-refractivity contribution is 7.15. The Bertz CT molecular complexity index is 1480. The molecule has 0 bridgehead atoms. The summed E-state index contributed by atoms with van der Waals surface area (Å²) in [5.41, 5.74) is 2.68. The number of amides is 1. The molecule has 1 aromatic carbocycles. The van der Waals surface area contributed by atoms with Crippen molar-refractivity contribution in [3.63, 3.8) is 0 Å². The average Bonchev–Trinajstić information content (AvgIpc) is 3.53. The van der Waals surface area contributed by atoms with E-state index in [-0.39, 0.29) is 28.6 Å². The molecule has 4 aromatic rings. The third-order valence-electron chi connectivity index (χ3n) is 5.74. The molecule has 1 saturated carbocycles. The third-order valence-corrected chi connectivity index (χ3v) is 6.91. The van der Waals surface area contributed by atoms with E-state index < -0.39 is 0 Å². The number of phenols is 1. The Labute approximate surface area is 209 Å². The van der Waals surface area contributed by atoms with Crippen LogP contribution in [0.2, 0.25) is 5.15 Å². The zero-order valence-electron chi connectivity index (χ0n) is 18.3. The lowest BCUT2D eigenvalue weighted by atomic mass is 10.0. The number of hydrogen-bond donors (Lipinski definition) is 2. The van der Waals surface area contributed by atoms with E-state index >= 15 is 0 Å². The maximum Gasteiger partial charge on any atom is 0.258 e. The number of halogens is 1. The number of pyridine rings is 2. The second-order valence-electron chi connectivity index (χ2n) is 7.86. The van der Waals surface area contributed by atoms with Crippen molar-refractivity contribution >= 4 is 34.0 Å². The van der Waals surface area contributed by atoms with Gasteiger partial charge in [-0.15, -0.1) is 10.2 Å². The van der Waals surface area contributed by atoms with Gasteiger partial charge in [-0.2, -0.15) is 5.26 Å². The lowest BCUT2D eigenvalue weighted by Crippen LogP contribution is -2.13. The molecule has 1 aliphatic rings. The standard InChI is InChI=1S/C24H17ClN6O3S/c1-34-20-11-28-21(25)8-16(20)18-10-27-5-4-14(18)22(33)29-24-31-30-23(35-24)17-7-15(17)13-3-2-12(9-26)6-19(13)32/h2-6,8,10-11,15,17,32H,7H2,1H3,(H,29,31,33)/t15-,17?/m0/s1. The van der Waals surface area contributed by atoms with Crippen LogP contribution in [0.25, 0.3) is 11.1 Å². The molecule has 0 saturated heterocycles. The number of rotatable bonds is 6. The van der Waals surface area contributed by atoms with Crippen LogP contribution < -0.4 is 10.1 Å². The minimum absolute atomic E-state index is 0.0925. The largest absolute Gasteiger partial charge is 0.508 e. The Hall–Kier alpha value is -4.07. The van der Waals surface area contributed by atoms with Gasteiger partial charge in [0.25, 0.3) is 5.91 Å². The first-order valence-electron chi connectivity index (χ1n) is 10.5. The molecule has 0 radical (unpaired) electrons. The van der Waals surface area contributed by atoms with Gasteiger partial charge in [0.05, 0.1) is 30.5 Å². The Morgan fingerprint density at radius 2 is 2.09 bits per heavy atom. The van der Waals surface area contributed by atoms with Crippen LogP contribution >= 0.6 is 22.9 Å². The number of phenolic OH excluding ortho intramolecular Hbond substituents is 1. The third kappa shape index (κ3) is 4.51. The van der Waals surface area contributed by atoms with E-state index in [1.54, 1.807) is 30.5 Å². The predicted molar refractivity (Wildman–Crippen MR) is 130 cm³/mol. The van der Waals surface area contributed by atoms with E-state index in [9.17, 15) is 9.90 Å². The molecule has 11 heteroatoms.